The summed E-state index contributed by atoms with van der Waals surface area (Å²) in [6, 6.07) is 0. The molecule has 2 fully saturated rings. The van der Waals surface area contributed by atoms with E-state index in [2.05, 4.69) is 0 Å². The fraction of sp³-hybridized carbons (Fsp3) is 0.923. The molecule has 0 bridgehead atoms. The Labute approximate surface area is 139 Å². The Balaban J connectivity index is 2.05. The van der Waals surface area contributed by atoms with E-state index in [9.17, 15) is 43.9 Å². The largest absolute Gasteiger partial charge is 0.460 e. The molecule has 0 spiro atoms. The fourth-order valence-electron chi connectivity index (χ4n) is 2.99. The highest BCUT2D eigenvalue weighted by molar-refractivity contribution is 7.92. The molecule has 0 atom stereocenters. The summed E-state index contributed by atoms with van der Waals surface area (Å²) in [7, 11) is -3.75. The molecule has 2 aliphatic rings. The van der Waals surface area contributed by atoms with Gasteiger partial charge < -0.3 is 4.90 Å². The zero-order valence-corrected chi connectivity index (χ0v) is 13.6. The lowest BCUT2D eigenvalue weighted by molar-refractivity contribution is -0.346. The lowest BCUT2D eigenvalue weighted by Gasteiger charge is -2.42. The molecular formula is C13H16F7NO3S. The van der Waals surface area contributed by atoms with Gasteiger partial charge in [-0.25, -0.2) is 8.42 Å². The molecule has 0 radical (unpaired) electrons. The van der Waals surface area contributed by atoms with Crippen LogP contribution in [-0.2, 0) is 14.6 Å². The number of rotatable bonds is 4. The van der Waals surface area contributed by atoms with Gasteiger partial charge in [-0.2, -0.15) is 30.7 Å². The summed E-state index contributed by atoms with van der Waals surface area (Å²) in [4.78, 5) is 11.4. The molecular weight excluding hydrogens is 383 g/mol. The molecule has 1 saturated carbocycles. The van der Waals surface area contributed by atoms with Crippen molar-refractivity contribution in [3.05, 3.63) is 0 Å². The Morgan fingerprint density at radius 1 is 0.840 bits per heavy atom. The predicted octanol–water partition coefficient (Wildman–Crippen LogP) is 2.78. The zero-order chi connectivity index (χ0) is 19.3. The van der Waals surface area contributed by atoms with Gasteiger partial charge >= 0.3 is 18.0 Å². The summed E-state index contributed by atoms with van der Waals surface area (Å²) in [5.74, 6) is -15.3. The molecule has 4 nitrogen and oxygen atoms in total. The van der Waals surface area contributed by atoms with Gasteiger partial charge in [0.05, 0.1) is 10.5 Å². The van der Waals surface area contributed by atoms with Gasteiger partial charge in [0.1, 0.15) is 0 Å². The first kappa shape index (κ1) is 20.2. The number of likely N-dealkylation sites (tertiary alicyclic amines) is 1. The van der Waals surface area contributed by atoms with E-state index in [1.165, 1.54) is 0 Å². The highest BCUT2D eigenvalue weighted by Gasteiger charge is 2.77. The normalized spacial score (nSPS) is 22.0. The third-order valence-corrected chi connectivity index (χ3v) is 7.26. The minimum Gasteiger partial charge on any atom is -0.335 e. The number of halogens is 7. The van der Waals surface area contributed by atoms with Gasteiger partial charge in [-0.15, -0.1) is 0 Å². The van der Waals surface area contributed by atoms with Crippen LogP contribution in [0.3, 0.4) is 0 Å². The maximum absolute atomic E-state index is 13.3. The highest BCUT2D eigenvalue weighted by atomic mass is 32.2. The summed E-state index contributed by atoms with van der Waals surface area (Å²) in [6.45, 7) is -1.61. The van der Waals surface area contributed by atoms with Gasteiger partial charge in [-0.1, -0.05) is 19.3 Å². The Hall–Kier alpha value is -1.07. The van der Waals surface area contributed by atoms with Crippen LogP contribution >= 0.6 is 0 Å². The number of hydrogen-bond donors (Lipinski definition) is 0. The molecule has 1 amide bonds. The van der Waals surface area contributed by atoms with Crippen LogP contribution in [0.25, 0.3) is 0 Å². The molecule has 2 rings (SSSR count). The molecule has 1 aliphatic carbocycles. The number of carbonyl (C=O) groups excluding carboxylic acids is 1. The molecule has 0 aromatic rings. The van der Waals surface area contributed by atoms with Gasteiger partial charge in [-0.3, -0.25) is 4.79 Å². The summed E-state index contributed by atoms with van der Waals surface area (Å²) < 4.78 is 113. The van der Waals surface area contributed by atoms with Crippen LogP contribution < -0.4 is 0 Å². The van der Waals surface area contributed by atoms with E-state index in [-0.39, 0.29) is 4.90 Å². The lowest BCUT2D eigenvalue weighted by Crippen LogP contribution is -2.66. The lowest BCUT2D eigenvalue weighted by atomic mass is 10.0. The second kappa shape index (κ2) is 6.27. The van der Waals surface area contributed by atoms with E-state index in [0.29, 0.717) is 25.7 Å². The topological polar surface area (TPSA) is 54.5 Å². The molecule has 0 aromatic heterocycles. The first-order valence-electron chi connectivity index (χ1n) is 7.57. The van der Waals surface area contributed by atoms with Crippen LogP contribution in [-0.4, -0.2) is 60.8 Å². The molecule has 12 heteroatoms. The van der Waals surface area contributed by atoms with Crippen molar-refractivity contribution in [3.8, 4) is 0 Å². The molecule has 0 N–H and O–H groups in total. The van der Waals surface area contributed by atoms with E-state index in [0.717, 1.165) is 6.42 Å². The van der Waals surface area contributed by atoms with Gasteiger partial charge in [0, 0.05) is 13.1 Å². The van der Waals surface area contributed by atoms with Crippen LogP contribution in [0.2, 0.25) is 0 Å². The Morgan fingerprint density at radius 3 is 1.76 bits per heavy atom. The molecule has 146 valence electrons. The molecule has 0 aromatic carbocycles. The van der Waals surface area contributed by atoms with Gasteiger partial charge in [0.2, 0.25) is 0 Å². The first-order valence-corrected chi connectivity index (χ1v) is 9.18. The Bertz CT molecular complexity index is 620. The average Bonchev–Trinajstić information content (AvgIpc) is 2.44. The van der Waals surface area contributed by atoms with Crippen molar-refractivity contribution in [2.24, 2.45) is 0 Å². The van der Waals surface area contributed by atoms with Crippen LogP contribution in [0, 0.1) is 0 Å². The monoisotopic (exact) mass is 399 g/mol. The van der Waals surface area contributed by atoms with Crippen molar-refractivity contribution >= 4 is 15.7 Å². The van der Waals surface area contributed by atoms with Crippen LogP contribution in [0.1, 0.15) is 32.1 Å². The molecule has 0 unspecified atom stereocenters. The number of nitrogens with zero attached hydrogens (tertiary/aromatic N) is 1. The predicted molar refractivity (Wildman–Crippen MR) is 72.1 cm³/mol. The Morgan fingerprint density at radius 2 is 1.32 bits per heavy atom. The van der Waals surface area contributed by atoms with Crippen molar-refractivity contribution in [3.63, 3.8) is 0 Å². The van der Waals surface area contributed by atoms with Crippen LogP contribution in [0.5, 0.6) is 0 Å². The summed E-state index contributed by atoms with van der Waals surface area (Å²) >= 11 is 0. The maximum Gasteiger partial charge on any atom is 0.460 e. The van der Waals surface area contributed by atoms with Crippen molar-refractivity contribution < 1.29 is 43.9 Å². The van der Waals surface area contributed by atoms with E-state index >= 15 is 0 Å². The van der Waals surface area contributed by atoms with Crippen LogP contribution in [0.4, 0.5) is 30.7 Å². The van der Waals surface area contributed by atoms with Crippen molar-refractivity contribution in [1.29, 1.82) is 0 Å². The quantitative estimate of drug-likeness (QED) is 0.684. The number of alkyl halides is 7. The highest BCUT2D eigenvalue weighted by Crippen LogP contribution is 2.47. The van der Waals surface area contributed by atoms with Crippen molar-refractivity contribution in [2.75, 3.05) is 13.1 Å². The van der Waals surface area contributed by atoms with Gasteiger partial charge in [0.25, 0.3) is 5.91 Å². The maximum atomic E-state index is 13.3. The third-order valence-electron chi connectivity index (χ3n) is 4.64. The first-order chi connectivity index (χ1) is 11.2. The number of amides is 1. The van der Waals surface area contributed by atoms with Crippen LogP contribution in [0.15, 0.2) is 0 Å². The Kier molecular flexibility index (Phi) is 5.08. The van der Waals surface area contributed by atoms with Crippen molar-refractivity contribution in [1.82, 2.24) is 4.90 Å². The minimum atomic E-state index is -6.61. The fourth-order valence-corrected chi connectivity index (χ4v) is 5.30. The summed E-state index contributed by atoms with van der Waals surface area (Å²) in [5, 5.41) is -1.91. The number of hydrogen-bond acceptors (Lipinski definition) is 3. The van der Waals surface area contributed by atoms with E-state index in [1.54, 1.807) is 0 Å². The van der Waals surface area contributed by atoms with Crippen molar-refractivity contribution in [2.45, 2.75) is 60.6 Å². The van der Waals surface area contributed by atoms with E-state index < -0.39 is 57.4 Å². The number of carbonyl (C=O) groups is 1. The standard InChI is InChI=1S/C13H16F7NO3S/c14-11(15,12(16,17)13(18,19)20)10(22)21-6-9(7-21)25(23,24)8-4-2-1-3-5-8/h8-9H,1-7H2. The summed E-state index contributed by atoms with van der Waals surface area (Å²) in [5.41, 5.74) is 0. The molecule has 1 aliphatic heterocycles. The smallest absolute Gasteiger partial charge is 0.335 e. The second-order valence-electron chi connectivity index (χ2n) is 6.33. The average molecular weight is 399 g/mol. The van der Waals surface area contributed by atoms with Gasteiger partial charge in [-0.05, 0) is 12.8 Å². The van der Waals surface area contributed by atoms with E-state index in [4.69, 9.17) is 0 Å². The number of sulfone groups is 1. The molecule has 1 heterocycles. The van der Waals surface area contributed by atoms with E-state index in [1.807, 2.05) is 0 Å². The second-order valence-corrected chi connectivity index (χ2v) is 8.84. The minimum absolute atomic E-state index is 0.0324. The SMILES string of the molecule is O=C(N1CC(S(=O)(=O)C2CCCCC2)C1)C(F)(F)C(F)(F)C(F)(F)F. The summed E-state index contributed by atoms with van der Waals surface area (Å²) in [6.07, 6.45) is -3.63. The molecule has 25 heavy (non-hydrogen) atoms. The third kappa shape index (κ3) is 3.33. The van der Waals surface area contributed by atoms with Gasteiger partial charge in [0.15, 0.2) is 9.84 Å². The zero-order valence-electron chi connectivity index (χ0n) is 12.8. The molecule has 1 saturated heterocycles.